The minimum Gasteiger partial charge on any atom is -0.473 e. The quantitative estimate of drug-likeness (QED) is 0.626. The highest BCUT2D eigenvalue weighted by molar-refractivity contribution is 5.82. The fraction of sp³-hybridized carbons (Fsp3) is 0.154. The SMILES string of the molecule is C1=CC2(C=CO1)C=NCc1ccccc12. The first-order chi connectivity index (χ1) is 7.41. The Morgan fingerprint density at radius 2 is 1.93 bits per heavy atom. The van der Waals surface area contributed by atoms with Crippen LogP contribution in [0.3, 0.4) is 0 Å². The molecule has 0 unspecified atom stereocenters. The van der Waals surface area contributed by atoms with Gasteiger partial charge in [0.05, 0.1) is 24.5 Å². The van der Waals surface area contributed by atoms with Crippen molar-refractivity contribution in [3.63, 3.8) is 0 Å². The summed E-state index contributed by atoms with van der Waals surface area (Å²) in [6, 6.07) is 8.41. The normalized spacial score (nSPS) is 20.0. The van der Waals surface area contributed by atoms with Crippen LogP contribution < -0.4 is 0 Å². The average Bonchev–Trinajstić information content (AvgIpc) is 2.31. The van der Waals surface area contributed by atoms with Gasteiger partial charge in [-0.2, -0.15) is 0 Å². The second-order valence-electron chi connectivity index (χ2n) is 3.80. The summed E-state index contributed by atoms with van der Waals surface area (Å²) >= 11 is 0. The van der Waals surface area contributed by atoms with Crippen LogP contribution >= 0.6 is 0 Å². The molecule has 0 atom stereocenters. The van der Waals surface area contributed by atoms with Crippen molar-refractivity contribution in [2.75, 3.05) is 0 Å². The van der Waals surface area contributed by atoms with Gasteiger partial charge in [-0.3, -0.25) is 4.99 Å². The highest BCUT2D eigenvalue weighted by Gasteiger charge is 2.30. The number of hydrogen-bond acceptors (Lipinski definition) is 2. The van der Waals surface area contributed by atoms with Gasteiger partial charge in [-0.05, 0) is 23.3 Å². The van der Waals surface area contributed by atoms with Gasteiger partial charge in [-0.25, -0.2) is 0 Å². The Kier molecular flexibility index (Phi) is 1.75. The lowest BCUT2D eigenvalue weighted by Crippen LogP contribution is -2.28. The zero-order valence-electron chi connectivity index (χ0n) is 8.26. The number of benzene rings is 1. The van der Waals surface area contributed by atoms with Crippen molar-refractivity contribution in [2.24, 2.45) is 4.99 Å². The van der Waals surface area contributed by atoms with E-state index in [0.717, 1.165) is 6.54 Å². The van der Waals surface area contributed by atoms with Gasteiger partial charge >= 0.3 is 0 Å². The summed E-state index contributed by atoms with van der Waals surface area (Å²) in [6.45, 7) is 0.778. The number of aliphatic imine (C=N–C) groups is 1. The van der Waals surface area contributed by atoms with Crippen LogP contribution in [0.2, 0.25) is 0 Å². The standard InChI is InChI=1S/C13H11NO/c1-2-4-12-11(3-1)9-14-10-13(12)5-7-15-8-6-13/h1-8,10H,9H2. The maximum atomic E-state index is 5.09. The molecule has 0 N–H and O–H groups in total. The van der Waals surface area contributed by atoms with E-state index in [0.29, 0.717) is 0 Å². The predicted molar refractivity (Wildman–Crippen MR) is 59.7 cm³/mol. The summed E-state index contributed by atoms with van der Waals surface area (Å²) in [5, 5.41) is 0. The minimum absolute atomic E-state index is 0.187. The van der Waals surface area contributed by atoms with Crippen LogP contribution in [0.4, 0.5) is 0 Å². The maximum absolute atomic E-state index is 5.09. The zero-order valence-corrected chi connectivity index (χ0v) is 8.26. The molecule has 0 radical (unpaired) electrons. The summed E-state index contributed by atoms with van der Waals surface area (Å²) in [4.78, 5) is 4.41. The van der Waals surface area contributed by atoms with Crippen LogP contribution in [0.5, 0.6) is 0 Å². The van der Waals surface area contributed by atoms with Crippen LogP contribution in [-0.4, -0.2) is 6.21 Å². The van der Waals surface area contributed by atoms with Crippen molar-refractivity contribution in [2.45, 2.75) is 12.0 Å². The molecule has 0 amide bonds. The summed E-state index contributed by atoms with van der Waals surface area (Å²) in [7, 11) is 0. The van der Waals surface area contributed by atoms with Gasteiger partial charge in [0.25, 0.3) is 0 Å². The monoisotopic (exact) mass is 197 g/mol. The Balaban J connectivity index is 2.21. The average molecular weight is 197 g/mol. The fourth-order valence-corrected chi connectivity index (χ4v) is 2.12. The third-order valence-corrected chi connectivity index (χ3v) is 2.90. The van der Waals surface area contributed by atoms with E-state index >= 15 is 0 Å². The molecule has 2 nitrogen and oxygen atoms in total. The van der Waals surface area contributed by atoms with Crippen LogP contribution in [0.15, 0.2) is 53.9 Å². The summed E-state index contributed by atoms with van der Waals surface area (Å²) < 4.78 is 5.09. The number of hydrogen-bond donors (Lipinski definition) is 0. The molecular weight excluding hydrogens is 186 g/mol. The Morgan fingerprint density at radius 3 is 2.80 bits per heavy atom. The van der Waals surface area contributed by atoms with Gasteiger partial charge in [0.1, 0.15) is 0 Å². The molecule has 3 rings (SSSR count). The molecule has 1 aromatic carbocycles. The van der Waals surface area contributed by atoms with E-state index in [9.17, 15) is 0 Å². The predicted octanol–water partition coefficient (Wildman–Crippen LogP) is 2.57. The molecule has 1 spiro atoms. The van der Waals surface area contributed by atoms with Gasteiger partial charge in [-0.15, -0.1) is 0 Å². The lowest BCUT2D eigenvalue weighted by atomic mass is 9.77. The zero-order chi connectivity index (χ0) is 10.1. The molecule has 2 heteroatoms. The van der Waals surface area contributed by atoms with E-state index < -0.39 is 0 Å². The largest absolute Gasteiger partial charge is 0.473 e. The molecule has 2 aliphatic rings. The molecule has 0 aromatic heterocycles. The number of fused-ring (bicyclic) bond motifs is 2. The lowest BCUT2D eigenvalue weighted by Gasteiger charge is -2.30. The summed E-state index contributed by atoms with van der Waals surface area (Å²) in [5.41, 5.74) is 2.40. The van der Waals surface area contributed by atoms with E-state index in [1.54, 1.807) is 12.5 Å². The first kappa shape index (κ1) is 8.48. The van der Waals surface area contributed by atoms with E-state index in [1.165, 1.54) is 11.1 Å². The van der Waals surface area contributed by atoms with Gasteiger partial charge in [0.2, 0.25) is 0 Å². The van der Waals surface area contributed by atoms with Crippen LogP contribution in [0, 0.1) is 0 Å². The maximum Gasteiger partial charge on any atom is 0.0877 e. The topological polar surface area (TPSA) is 21.6 Å². The molecular formula is C13H11NO. The van der Waals surface area contributed by atoms with Gasteiger partial charge in [0.15, 0.2) is 0 Å². The summed E-state index contributed by atoms with van der Waals surface area (Å²) in [5.74, 6) is 0. The van der Waals surface area contributed by atoms with Crippen LogP contribution in [0.1, 0.15) is 11.1 Å². The second kappa shape index (κ2) is 3.09. The van der Waals surface area contributed by atoms with Gasteiger partial charge in [0, 0.05) is 6.21 Å². The molecule has 0 saturated carbocycles. The van der Waals surface area contributed by atoms with E-state index in [1.807, 2.05) is 18.4 Å². The number of ether oxygens (including phenoxy) is 1. The molecule has 2 aliphatic heterocycles. The number of allylic oxidation sites excluding steroid dienone is 2. The third-order valence-electron chi connectivity index (χ3n) is 2.90. The molecule has 0 saturated heterocycles. The Labute approximate surface area is 88.6 Å². The summed E-state index contributed by atoms with van der Waals surface area (Å²) in [6.07, 6.45) is 9.50. The van der Waals surface area contributed by atoms with Crippen molar-refractivity contribution in [3.05, 3.63) is 60.1 Å². The third kappa shape index (κ3) is 1.22. The second-order valence-corrected chi connectivity index (χ2v) is 3.80. The molecule has 0 aliphatic carbocycles. The molecule has 2 heterocycles. The molecule has 74 valence electrons. The van der Waals surface area contributed by atoms with Crippen molar-refractivity contribution in [1.29, 1.82) is 0 Å². The van der Waals surface area contributed by atoms with Crippen molar-refractivity contribution >= 4 is 6.21 Å². The van der Waals surface area contributed by atoms with Crippen LogP contribution in [0.25, 0.3) is 0 Å². The minimum atomic E-state index is -0.187. The smallest absolute Gasteiger partial charge is 0.0877 e. The van der Waals surface area contributed by atoms with Crippen molar-refractivity contribution < 1.29 is 4.74 Å². The van der Waals surface area contributed by atoms with Gasteiger partial charge in [-0.1, -0.05) is 24.3 Å². The van der Waals surface area contributed by atoms with Gasteiger partial charge < -0.3 is 4.74 Å². The van der Waals surface area contributed by atoms with Crippen molar-refractivity contribution in [1.82, 2.24) is 0 Å². The van der Waals surface area contributed by atoms with Crippen LogP contribution in [-0.2, 0) is 16.7 Å². The van der Waals surface area contributed by atoms with Crippen molar-refractivity contribution in [3.8, 4) is 0 Å². The highest BCUT2D eigenvalue weighted by atomic mass is 16.5. The van der Waals surface area contributed by atoms with E-state index in [4.69, 9.17) is 4.74 Å². The fourth-order valence-electron chi connectivity index (χ4n) is 2.12. The van der Waals surface area contributed by atoms with E-state index in [-0.39, 0.29) is 5.41 Å². The number of rotatable bonds is 0. The first-order valence-corrected chi connectivity index (χ1v) is 5.01. The Hall–Kier alpha value is -1.83. The first-order valence-electron chi connectivity index (χ1n) is 5.01. The molecule has 15 heavy (non-hydrogen) atoms. The lowest BCUT2D eigenvalue weighted by molar-refractivity contribution is 0.385. The molecule has 0 fully saturated rings. The Bertz CT molecular complexity index is 459. The number of nitrogens with zero attached hydrogens (tertiary/aromatic N) is 1. The molecule has 0 bridgehead atoms. The highest BCUT2D eigenvalue weighted by Crippen LogP contribution is 2.33. The Morgan fingerprint density at radius 1 is 1.13 bits per heavy atom. The van der Waals surface area contributed by atoms with E-state index in [2.05, 4.69) is 29.3 Å². The molecule has 1 aromatic rings.